The lowest BCUT2D eigenvalue weighted by Crippen LogP contribution is -2.55. The summed E-state index contributed by atoms with van der Waals surface area (Å²) in [6.07, 6.45) is 3.47. The molecule has 3 fully saturated rings. The molecule has 5 atom stereocenters. The highest BCUT2D eigenvalue weighted by molar-refractivity contribution is 8.02. The van der Waals surface area contributed by atoms with Crippen LogP contribution in [0.3, 0.4) is 0 Å². The Balaban J connectivity index is 1.58. The molecule has 2 amide bonds. The zero-order valence-electron chi connectivity index (χ0n) is 21.4. The van der Waals surface area contributed by atoms with Gasteiger partial charge in [-0.15, -0.1) is 18.3 Å². The van der Waals surface area contributed by atoms with E-state index < -0.39 is 27.4 Å². The Labute approximate surface area is 221 Å². The van der Waals surface area contributed by atoms with E-state index in [4.69, 9.17) is 4.74 Å². The molecule has 5 rings (SSSR count). The highest BCUT2D eigenvalue weighted by atomic mass is 32.2. The van der Waals surface area contributed by atoms with E-state index in [1.165, 1.54) is 0 Å². The van der Waals surface area contributed by atoms with E-state index in [1.54, 1.807) is 34.6 Å². The van der Waals surface area contributed by atoms with Crippen LogP contribution in [-0.4, -0.2) is 69.6 Å². The van der Waals surface area contributed by atoms with Gasteiger partial charge in [0.25, 0.3) is 5.91 Å². The Morgan fingerprint density at radius 3 is 2.70 bits per heavy atom. The number of carbonyl (C=O) groups excluding carboxylic acids is 3. The standard InChI is InChI=1S/C29H34N2O5S/c1-4-15-30(21-12-11-19-9-6-7-10-20(19)18-21)26(34)24-29-14-13-28(3,37-29)23(27(35)36-5-2)22(29)25(33)31(24)16-8-17-32/h4,6-7,9-12,18,22-24,32H,1,5,8,13-17H2,2-3H3/t22-,23+,24?,28-,29?/m0/s1. The number of carbonyl (C=O) groups is 3. The molecule has 0 radical (unpaired) electrons. The Morgan fingerprint density at radius 1 is 1.24 bits per heavy atom. The molecule has 3 heterocycles. The van der Waals surface area contributed by atoms with Crippen molar-refractivity contribution in [1.82, 2.24) is 4.90 Å². The summed E-state index contributed by atoms with van der Waals surface area (Å²) in [5, 5.41) is 11.7. The molecule has 3 aliphatic heterocycles. The van der Waals surface area contributed by atoms with E-state index in [0.717, 1.165) is 22.9 Å². The number of fused-ring (bicyclic) bond motifs is 2. The van der Waals surface area contributed by atoms with Gasteiger partial charge < -0.3 is 19.6 Å². The normalized spacial score (nSPS) is 30.0. The summed E-state index contributed by atoms with van der Waals surface area (Å²) in [4.78, 5) is 45.0. The average molecular weight is 523 g/mol. The van der Waals surface area contributed by atoms with Gasteiger partial charge in [0.1, 0.15) is 6.04 Å². The molecule has 2 unspecified atom stereocenters. The second kappa shape index (κ2) is 9.80. The summed E-state index contributed by atoms with van der Waals surface area (Å²) < 4.78 is 4.26. The summed E-state index contributed by atoms with van der Waals surface area (Å²) in [7, 11) is 0. The van der Waals surface area contributed by atoms with Gasteiger partial charge in [-0.1, -0.05) is 36.4 Å². The molecule has 0 saturated carbocycles. The quantitative estimate of drug-likeness (QED) is 0.398. The third kappa shape index (κ3) is 3.96. The van der Waals surface area contributed by atoms with Crippen LogP contribution in [0.15, 0.2) is 55.1 Å². The van der Waals surface area contributed by atoms with Gasteiger partial charge in [-0.25, -0.2) is 0 Å². The number of likely N-dealkylation sites (tertiary alicyclic amines) is 1. The average Bonchev–Trinajstić information content (AvgIpc) is 3.46. The Kier molecular flexibility index (Phi) is 6.83. The molecule has 37 heavy (non-hydrogen) atoms. The van der Waals surface area contributed by atoms with Crippen LogP contribution in [0, 0.1) is 11.8 Å². The number of anilines is 1. The number of hydrogen-bond donors (Lipinski definition) is 1. The lowest BCUT2D eigenvalue weighted by Gasteiger charge is -2.37. The number of aliphatic hydroxyl groups excluding tert-OH is 1. The third-order valence-electron chi connectivity index (χ3n) is 8.23. The largest absolute Gasteiger partial charge is 0.466 e. The van der Waals surface area contributed by atoms with Crippen molar-refractivity contribution < 1.29 is 24.2 Å². The molecule has 2 aromatic rings. The Hall–Kier alpha value is -2.84. The van der Waals surface area contributed by atoms with Crippen LogP contribution in [0.25, 0.3) is 10.8 Å². The van der Waals surface area contributed by atoms with Gasteiger partial charge in [0.05, 0.1) is 23.2 Å². The van der Waals surface area contributed by atoms with Gasteiger partial charge in [-0.05, 0) is 56.0 Å². The number of benzene rings is 2. The Morgan fingerprint density at radius 2 is 2.00 bits per heavy atom. The molecule has 2 aromatic carbocycles. The molecule has 2 bridgehead atoms. The molecule has 8 heteroatoms. The monoisotopic (exact) mass is 522 g/mol. The van der Waals surface area contributed by atoms with Crippen LogP contribution in [-0.2, 0) is 19.1 Å². The van der Waals surface area contributed by atoms with Gasteiger partial charge in [-0.3, -0.25) is 14.4 Å². The van der Waals surface area contributed by atoms with Gasteiger partial charge >= 0.3 is 5.97 Å². The first-order valence-corrected chi connectivity index (χ1v) is 13.8. The van der Waals surface area contributed by atoms with Crippen LogP contribution in [0.2, 0.25) is 0 Å². The van der Waals surface area contributed by atoms with Crippen molar-refractivity contribution in [3.8, 4) is 0 Å². The predicted molar refractivity (Wildman–Crippen MR) is 145 cm³/mol. The minimum Gasteiger partial charge on any atom is -0.466 e. The molecule has 7 nitrogen and oxygen atoms in total. The molecule has 1 spiro atoms. The molecule has 3 aliphatic rings. The second-order valence-corrected chi connectivity index (χ2v) is 12.3. The molecular formula is C29H34N2O5S. The van der Waals surface area contributed by atoms with Crippen molar-refractivity contribution in [1.29, 1.82) is 0 Å². The van der Waals surface area contributed by atoms with Gasteiger partial charge in [0.15, 0.2) is 0 Å². The zero-order valence-corrected chi connectivity index (χ0v) is 22.2. The number of aliphatic hydroxyl groups is 1. The lowest BCUT2D eigenvalue weighted by atomic mass is 9.66. The topological polar surface area (TPSA) is 87.2 Å². The van der Waals surface area contributed by atoms with Crippen LogP contribution < -0.4 is 4.90 Å². The van der Waals surface area contributed by atoms with E-state index in [0.29, 0.717) is 19.4 Å². The number of ether oxygens (including phenoxy) is 1. The zero-order chi connectivity index (χ0) is 26.4. The summed E-state index contributed by atoms with van der Waals surface area (Å²) in [5.74, 6) is -1.93. The summed E-state index contributed by atoms with van der Waals surface area (Å²) in [6, 6.07) is 13.1. The van der Waals surface area contributed by atoms with Crippen LogP contribution in [0.5, 0.6) is 0 Å². The maximum atomic E-state index is 14.5. The van der Waals surface area contributed by atoms with Gasteiger partial charge in [0, 0.05) is 30.1 Å². The highest BCUT2D eigenvalue weighted by Crippen LogP contribution is 2.71. The SMILES string of the molecule is C=CCN(C(=O)C1N(CCCO)C(=O)[C@@H]2[C@H](C(=O)OCC)[C@]3(C)CCC12S3)c1ccc2ccccc2c1. The highest BCUT2D eigenvalue weighted by Gasteiger charge is 2.77. The number of amides is 2. The Bertz CT molecular complexity index is 1250. The molecule has 0 aliphatic carbocycles. The van der Waals surface area contributed by atoms with Crippen molar-refractivity contribution >= 4 is 46.0 Å². The van der Waals surface area contributed by atoms with Crippen molar-refractivity contribution in [2.45, 2.75) is 48.6 Å². The number of hydrogen-bond acceptors (Lipinski definition) is 6. The van der Waals surface area contributed by atoms with Crippen LogP contribution in [0.4, 0.5) is 5.69 Å². The van der Waals surface area contributed by atoms with E-state index in [2.05, 4.69) is 6.58 Å². The first-order valence-electron chi connectivity index (χ1n) is 13.0. The maximum Gasteiger partial charge on any atom is 0.311 e. The summed E-state index contributed by atoms with van der Waals surface area (Å²) in [5.41, 5.74) is 0.740. The van der Waals surface area contributed by atoms with Crippen LogP contribution in [0.1, 0.15) is 33.1 Å². The molecule has 3 saturated heterocycles. The van der Waals surface area contributed by atoms with Gasteiger partial charge in [0.2, 0.25) is 5.91 Å². The third-order valence-corrected chi connectivity index (χ3v) is 10.2. The number of thioether (sulfide) groups is 1. The predicted octanol–water partition coefficient (Wildman–Crippen LogP) is 3.79. The number of esters is 1. The van der Waals surface area contributed by atoms with Crippen molar-refractivity contribution in [3.63, 3.8) is 0 Å². The number of nitrogens with zero attached hydrogens (tertiary/aromatic N) is 2. The fourth-order valence-electron chi connectivity index (χ4n) is 6.72. The first-order chi connectivity index (χ1) is 17.8. The lowest BCUT2D eigenvalue weighted by molar-refractivity contribution is -0.155. The molecule has 1 N–H and O–H groups in total. The van der Waals surface area contributed by atoms with E-state index in [-0.39, 0.29) is 37.5 Å². The first kappa shape index (κ1) is 25.8. The van der Waals surface area contributed by atoms with Crippen LogP contribution >= 0.6 is 11.8 Å². The van der Waals surface area contributed by atoms with Gasteiger partial charge in [-0.2, -0.15) is 0 Å². The minimum absolute atomic E-state index is 0.0877. The van der Waals surface area contributed by atoms with Crippen molar-refractivity contribution in [3.05, 3.63) is 55.1 Å². The van der Waals surface area contributed by atoms with E-state index in [9.17, 15) is 19.5 Å². The molecular weight excluding hydrogens is 488 g/mol. The minimum atomic E-state index is -0.741. The maximum absolute atomic E-state index is 14.5. The molecule has 196 valence electrons. The van der Waals surface area contributed by atoms with E-state index in [1.807, 2.05) is 49.4 Å². The van der Waals surface area contributed by atoms with Crippen molar-refractivity contribution in [2.24, 2.45) is 11.8 Å². The fourth-order valence-corrected chi connectivity index (χ4v) is 9.06. The number of rotatable bonds is 9. The summed E-state index contributed by atoms with van der Waals surface area (Å²) >= 11 is 1.63. The smallest absolute Gasteiger partial charge is 0.311 e. The van der Waals surface area contributed by atoms with Crippen molar-refractivity contribution in [2.75, 3.05) is 31.2 Å². The molecule has 0 aromatic heterocycles. The van der Waals surface area contributed by atoms with E-state index >= 15 is 0 Å². The summed E-state index contributed by atoms with van der Waals surface area (Å²) in [6.45, 7) is 8.39. The fraction of sp³-hybridized carbons (Fsp3) is 0.483. The second-order valence-electron chi connectivity index (χ2n) is 10.4.